The minimum Gasteiger partial charge on any atom is -0.0995 e. The van der Waals surface area contributed by atoms with E-state index in [4.69, 9.17) is 0 Å². The van der Waals surface area contributed by atoms with Crippen molar-refractivity contribution in [3.05, 3.63) is 35.5 Å². The fraction of sp³-hybridized carbons (Fsp3) is 0.714. The van der Waals surface area contributed by atoms with Crippen LogP contribution in [0.25, 0.3) is 0 Å². The zero-order valence-corrected chi connectivity index (χ0v) is 13.7. The SMILES string of the molecule is C=C1CCC2=C(CC[C@@H]3[C@@H]2CC[C@]2(CC)C(=C)CC[C@@H]32)C1. The highest BCUT2D eigenvalue weighted by atomic mass is 14.6. The van der Waals surface area contributed by atoms with E-state index < -0.39 is 0 Å². The second kappa shape index (κ2) is 4.86. The van der Waals surface area contributed by atoms with Gasteiger partial charge in [0.1, 0.15) is 0 Å². The molecule has 4 rings (SSSR count). The Morgan fingerprint density at radius 1 is 1.05 bits per heavy atom. The third-order valence-electron chi connectivity index (χ3n) is 7.63. The lowest BCUT2D eigenvalue weighted by Gasteiger charge is -2.52. The highest BCUT2D eigenvalue weighted by Gasteiger charge is 2.53. The summed E-state index contributed by atoms with van der Waals surface area (Å²) in [5.74, 6) is 2.86. The summed E-state index contributed by atoms with van der Waals surface area (Å²) in [6.45, 7) is 11.2. The summed E-state index contributed by atoms with van der Waals surface area (Å²) in [4.78, 5) is 0. The molecule has 0 aromatic carbocycles. The molecule has 2 fully saturated rings. The first kappa shape index (κ1) is 13.9. The van der Waals surface area contributed by atoms with Crippen molar-refractivity contribution in [3.63, 3.8) is 0 Å². The van der Waals surface area contributed by atoms with E-state index in [1.807, 2.05) is 5.57 Å². The van der Waals surface area contributed by atoms with Gasteiger partial charge in [-0.2, -0.15) is 0 Å². The van der Waals surface area contributed by atoms with Crippen LogP contribution in [0.4, 0.5) is 0 Å². The standard InChI is InChI=1S/C21H30/c1-4-21-12-11-18-17-8-5-14(2)13-16(17)7-9-19(18)20(21)10-6-15(21)3/h18-20H,2-13H2,1H3/t18-,19-,20+,21-/m1/s1. The predicted molar refractivity (Wildman–Crippen MR) is 90.1 cm³/mol. The van der Waals surface area contributed by atoms with Gasteiger partial charge in [0.2, 0.25) is 0 Å². The van der Waals surface area contributed by atoms with Crippen LogP contribution >= 0.6 is 0 Å². The smallest absolute Gasteiger partial charge is 0.00620 e. The molecule has 0 N–H and O–H groups in total. The molecule has 0 nitrogen and oxygen atoms in total. The lowest BCUT2D eigenvalue weighted by atomic mass is 9.53. The molecule has 0 aliphatic heterocycles. The maximum absolute atomic E-state index is 4.49. The largest absolute Gasteiger partial charge is 0.0995 e. The Bertz CT molecular complexity index is 520. The van der Waals surface area contributed by atoms with Crippen LogP contribution in [0.15, 0.2) is 35.5 Å². The minimum absolute atomic E-state index is 0.525. The summed E-state index contributed by atoms with van der Waals surface area (Å²) < 4.78 is 0. The maximum atomic E-state index is 4.49. The van der Waals surface area contributed by atoms with E-state index in [-0.39, 0.29) is 0 Å². The molecule has 0 radical (unpaired) electrons. The highest BCUT2D eigenvalue weighted by molar-refractivity contribution is 5.33. The molecule has 4 aliphatic carbocycles. The topological polar surface area (TPSA) is 0 Å². The zero-order chi connectivity index (χ0) is 14.6. The van der Waals surface area contributed by atoms with Gasteiger partial charge < -0.3 is 0 Å². The first-order valence-corrected chi connectivity index (χ1v) is 9.21. The molecule has 0 heteroatoms. The average Bonchev–Trinajstić information content (AvgIpc) is 2.84. The molecule has 2 saturated carbocycles. The highest BCUT2D eigenvalue weighted by Crippen LogP contribution is 2.64. The van der Waals surface area contributed by atoms with Crippen LogP contribution in [0.3, 0.4) is 0 Å². The van der Waals surface area contributed by atoms with Crippen LogP contribution in [0.5, 0.6) is 0 Å². The predicted octanol–water partition coefficient (Wildman–Crippen LogP) is 6.21. The Labute approximate surface area is 130 Å². The molecular formula is C21H30. The van der Waals surface area contributed by atoms with Crippen molar-refractivity contribution < 1.29 is 0 Å². The van der Waals surface area contributed by atoms with Crippen molar-refractivity contribution >= 4 is 0 Å². The third kappa shape index (κ3) is 1.87. The zero-order valence-electron chi connectivity index (χ0n) is 13.7. The molecule has 0 aromatic rings. The van der Waals surface area contributed by atoms with Gasteiger partial charge in [0.15, 0.2) is 0 Å². The maximum Gasteiger partial charge on any atom is -0.00620 e. The van der Waals surface area contributed by atoms with Crippen molar-refractivity contribution in [1.82, 2.24) is 0 Å². The van der Waals surface area contributed by atoms with E-state index in [0.717, 1.165) is 17.8 Å². The van der Waals surface area contributed by atoms with Gasteiger partial charge in [0, 0.05) is 0 Å². The van der Waals surface area contributed by atoms with Crippen molar-refractivity contribution in [1.29, 1.82) is 0 Å². The Kier molecular flexibility index (Phi) is 3.21. The molecule has 0 bridgehead atoms. The van der Waals surface area contributed by atoms with Crippen LogP contribution in [-0.2, 0) is 0 Å². The second-order valence-electron chi connectivity index (χ2n) is 8.16. The molecule has 0 amide bonds. The number of fused-ring (bicyclic) bond motifs is 4. The van der Waals surface area contributed by atoms with E-state index in [0.29, 0.717) is 5.41 Å². The van der Waals surface area contributed by atoms with Gasteiger partial charge in [0.25, 0.3) is 0 Å². The van der Waals surface area contributed by atoms with Crippen molar-refractivity contribution in [2.24, 2.45) is 23.2 Å². The van der Waals surface area contributed by atoms with Gasteiger partial charge in [-0.25, -0.2) is 0 Å². The molecule has 0 heterocycles. The first-order valence-electron chi connectivity index (χ1n) is 9.21. The van der Waals surface area contributed by atoms with Crippen LogP contribution in [0.1, 0.15) is 71.1 Å². The number of hydrogen-bond acceptors (Lipinski definition) is 0. The van der Waals surface area contributed by atoms with E-state index in [9.17, 15) is 0 Å². The quantitative estimate of drug-likeness (QED) is 0.502. The summed E-state index contributed by atoms with van der Waals surface area (Å²) in [6.07, 6.45) is 13.6. The number of hydrogen-bond donors (Lipinski definition) is 0. The van der Waals surface area contributed by atoms with Crippen molar-refractivity contribution in [3.8, 4) is 0 Å². The Hall–Kier alpha value is -0.780. The fourth-order valence-corrected chi connectivity index (χ4v) is 6.56. The van der Waals surface area contributed by atoms with Crippen LogP contribution in [0, 0.1) is 23.2 Å². The molecule has 0 spiro atoms. The summed E-state index contributed by atoms with van der Waals surface area (Å²) >= 11 is 0. The van der Waals surface area contributed by atoms with E-state index in [2.05, 4.69) is 20.1 Å². The lowest BCUT2D eigenvalue weighted by molar-refractivity contribution is 0.0459. The van der Waals surface area contributed by atoms with Gasteiger partial charge in [0.05, 0.1) is 0 Å². The van der Waals surface area contributed by atoms with Crippen LogP contribution in [0.2, 0.25) is 0 Å². The molecule has 114 valence electrons. The summed E-state index contributed by atoms with van der Waals surface area (Å²) in [6, 6.07) is 0. The first-order chi connectivity index (χ1) is 10.2. The van der Waals surface area contributed by atoms with Crippen LogP contribution in [-0.4, -0.2) is 0 Å². The normalized spacial score (nSPS) is 42.6. The Balaban J connectivity index is 1.67. The van der Waals surface area contributed by atoms with E-state index >= 15 is 0 Å². The minimum atomic E-state index is 0.525. The number of rotatable bonds is 1. The van der Waals surface area contributed by atoms with Gasteiger partial charge in [-0.05, 0) is 87.4 Å². The Morgan fingerprint density at radius 3 is 2.71 bits per heavy atom. The summed E-state index contributed by atoms with van der Waals surface area (Å²) in [5, 5.41) is 0. The van der Waals surface area contributed by atoms with Gasteiger partial charge in [-0.1, -0.05) is 42.4 Å². The third-order valence-corrected chi connectivity index (χ3v) is 7.63. The molecule has 4 atom stereocenters. The molecule has 21 heavy (non-hydrogen) atoms. The molecular weight excluding hydrogens is 252 g/mol. The summed E-state index contributed by atoms with van der Waals surface area (Å²) in [7, 11) is 0. The van der Waals surface area contributed by atoms with Crippen molar-refractivity contribution in [2.75, 3.05) is 0 Å². The van der Waals surface area contributed by atoms with Gasteiger partial charge >= 0.3 is 0 Å². The van der Waals surface area contributed by atoms with E-state index in [1.54, 1.807) is 11.1 Å². The molecule has 0 unspecified atom stereocenters. The molecule has 0 aromatic heterocycles. The Morgan fingerprint density at radius 2 is 1.90 bits per heavy atom. The number of allylic oxidation sites excluding steroid dienone is 4. The van der Waals surface area contributed by atoms with Gasteiger partial charge in [-0.3, -0.25) is 0 Å². The lowest BCUT2D eigenvalue weighted by Crippen LogP contribution is -2.43. The molecule has 0 saturated heterocycles. The molecule has 4 aliphatic rings. The van der Waals surface area contributed by atoms with Crippen LogP contribution < -0.4 is 0 Å². The monoisotopic (exact) mass is 282 g/mol. The average molecular weight is 282 g/mol. The van der Waals surface area contributed by atoms with Crippen molar-refractivity contribution in [2.45, 2.75) is 71.1 Å². The fourth-order valence-electron chi connectivity index (χ4n) is 6.56. The van der Waals surface area contributed by atoms with E-state index in [1.165, 1.54) is 69.8 Å². The summed E-state index contributed by atoms with van der Waals surface area (Å²) in [5.41, 5.74) is 7.30. The second-order valence-corrected chi connectivity index (χ2v) is 8.16. The van der Waals surface area contributed by atoms with Gasteiger partial charge in [-0.15, -0.1) is 0 Å².